The van der Waals surface area contributed by atoms with Gasteiger partial charge in [-0.3, -0.25) is 9.59 Å². The van der Waals surface area contributed by atoms with E-state index < -0.39 is 11.8 Å². The molecular weight excluding hydrogens is 301 g/mol. The number of benzene rings is 1. The lowest BCUT2D eigenvalue weighted by atomic mass is 10.2. The van der Waals surface area contributed by atoms with E-state index in [0.717, 1.165) is 0 Å². The van der Waals surface area contributed by atoms with Crippen LogP contribution in [0.15, 0.2) is 36.4 Å². The van der Waals surface area contributed by atoms with Gasteiger partial charge >= 0.3 is 0 Å². The summed E-state index contributed by atoms with van der Waals surface area (Å²) in [4.78, 5) is 26.8. The third kappa shape index (κ3) is 3.46. The molecule has 7 heteroatoms. The van der Waals surface area contributed by atoms with Gasteiger partial charge in [0.15, 0.2) is 0 Å². The summed E-state index contributed by atoms with van der Waals surface area (Å²) in [6, 6.07) is 9.06. The number of nitrogens with zero attached hydrogens (tertiary/aromatic N) is 1. The van der Waals surface area contributed by atoms with Crippen molar-refractivity contribution in [3.63, 3.8) is 0 Å². The van der Waals surface area contributed by atoms with Gasteiger partial charge in [-0.1, -0.05) is 29.3 Å². The van der Waals surface area contributed by atoms with Crippen LogP contribution >= 0.6 is 23.2 Å². The first kappa shape index (κ1) is 14.3. The zero-order chi connectivity index (χ0) is 14.7. The van der Waals surface area contributed by atoms with Gasteiger partial charge in [0.2, 0.25) is 5.91 Å². The zero-order valence-corrected chi connectivity index (χ0v) is 11.6. The number of anilines is 1. The molecule has 0 fully saturated rings. The molecule has 0 aliphatic rings. The predicted octanol–water partition coefficient (Wildman–Crippen LogP) is 2.74. The van der Waals surface area contributed by atoms with E-state index in [4.69, 9.17) is 28.9 Å². The van der Waals surface area contributed by atoms with E-state index in [0.29, 0.717) is 11.3 Å². The van der Waals surface area contributed by atoms with Crippen LogP contribution < -0.4 is 11.1 Å². The summed E-state index contributed by atoms with van der Waals surface area (Å²) < 4.78 is 0. The van der Waals surface area contributed by atoms with Gasteiger partial charge in [0, 0.05) is 16.8 Å². The van der Waals surface area contributed by atoms with Gasteiger partial charge in [-0.15, -0.1) is 0 Å². The molecule has 1 aromatic carbocycles. The van der Waals surface area contributed by atoms with Crippen molar-refractivity contribution in [2.45, 2.75) is 0 Å². The van der Waals surface area contributed by atoms with Crippen LogP contribution in [0.1, 0.15) is 20.7 Å². The summed E-state index contributed by atoms with van der Waals surface area (Å²) in [5.41, 5.74) is 6.17. The van der Waals surface area contributed by atoms with Crippen LogP contribution in [-0.2, 0) is 0 Å². The number of carbonyl (C=O) groups is 2. The number of nitrogens with one attached hydrogen (secondary N) is 1. The van der Waals surface area contributed by atoms with E-state index >= 15 is 0 Å². The molecule has 0 saturated heterocycles. The molecule has 0 bridgehead atoms. The minimum atomic E-state index is -0.573. The van der Waals surface area contributed by atoms with E-state index in [9.17, 15) is 9.59 Å². The monoisotopic (exact) mass is 309 g/mol. The van der Waals surface area contributed by atoms with E-state index in [1.54, 1.807) is 18.2 Å². The fourth-order valence-corrected chi connectivity index (χ4v) is 2.01. The molecule has 2 aromatic rings. The Labute approximate surface area is 124 Å². The molecule has 2 rings (SSSR count). The van der Waals surface area contributed by atoms with Gasteiger partial charge < -0.3 is 11.1 Å². The van der Waals surface area contributed by atoms with Gasteiger partial charge in [0.05, 0.1) is 0 Å². The maximum atomic E-state index is 12.0. The van der Waals surface area contributed by atoms with Crippen molar-refractivity contribution in [2.24, 2.45) is 5.73 Å². The number of nitrogens with two attached hydrogens (primary N) is 1. The van der Waals surface area contributed by atoms with Gasteiger partial charge in [-0.05, 0) is 30.3 Å². The molecule has 0 aliphatic carbocycles. The number of hydrogen-bond acceptors (Lipinski definition) is 3. The number of pyridine rings is 1. The lowest BCUT2D eigenvalue weighted by Crippen LogP contribution is -2.14. The number of halogens is 2. The lowest BCUT2D eigenvalue weighted by Gasteiger charge is -2.07. The fourth-order valence-electron chi connectivity index (χ4n) is 1.55. The summed E-state index contributed by atoms with van der Waals surface area (Å²) in [6.45, 7) is 0. The number of rotatable bonds is 3. The second-order valence-corrected chi connectivity index (χ2v) is 4.67. The largest absolute Gasteiger partial charge is 0.366 e. The number of aromatic nitrogens is 1. The molecule has 5 nitrogen and oxygen atoms in total. The minimum absolute atomic E-state index is 0.119. The highest BCUT2D eigenvalue weighted by molar-refractivity contribution is 6.33. The Morgan fingerprint density at radius 2 is 1.70 bits per heavy atom. The summed E-state index contributed by atoms with van der Waals surface area (Å²) in [5, 5.41) is 2.85. The maximum absolute atomic E-state index is 12.0. The Balaban J connectivity index is 2.23. The second kappa shape index (κ2) is 5.90. The molecule has 1 heterocycles. The maximum Gasteiger partial charge on any atom is 0.255 e. The SMILES string of the molecule is NC(=O)c1cccc(NC(=O)c2cc(Cl)nc(Cl)c2)c1. The summed E-state index contributed by atoms with van der Waals surface area (Å²) in [6.07, 6.45) is 0. The van der Waals surface area contributed by atoms with E-state index in [1.807, 2.05) is 0 Å². The molecule has 1 aromatic heterocycles. The molecule has 102 valence electrons. The fraction of sp³-hybridized carbons (Fsp3) is 0. The van der Waals surface area contributed by atoms with Gasteiger partial charge in [-0.25, -0.2) is 4.98 Å². The predicted molar refractivity (Wildman–Crippen MR) is 77.2 cm³/mol. The topological polar surface area (TPSA) is 85.1 Å². The zero-order valence-electron chi connectivity index (χ0n) is 10.1. The highest BCUT2D eigenvalue weighted by atomic mass is 35.5. The Morgan fingerprint density at radius 3 is 2.30 bits per heavy atom. The molecule has 3 N–H and O–H groups in total. The highest BCUT2D eigenvalue weighted by Gasteiger charge is 2.10. The average Bonchev–Trinajstić information content (AvgIpc) is 2.37. The number of carbonyl (C=O) groups excluding carboxylic acids is 2. The van der Waals surface area contributed by atoms with Crippen LogP contribution in [0.4, 0.5) is 5.69 Å². The first-order valence-corrected chi connectivity index (χ1v) is 6.25. The average molecular weight is 310 g/mol. The molecule has 0 spiro atoms. The summed E-state index contributed by atoms with van der Waals surface area (Å²) in [7, 11) is 0. The van der Waals surface area contributed by atoms with Crippen LogP contribution in [0.3, 0.4) is 0 Å². The minimum Gasteiger partial charge on any atom is -0.366 e. The molecule has 2 amide bonds. The lowest BCUT2D eigenvalue weighted by molar-refractivity contribution is 0.0996. The van der Waals surface area contributed by atoms with Crippen LogP contribution in [0.2, 0.25) is 10.3 Å². The Kier molecular flexibility index (Phi) is 4.22. The number of hydrogen-bond donors (Lipinski definition) is 2. The van der Waals surface area contributed by atoms with Gasteiger partial charge in [-0.2, -0.15) is 0 Å². The van der Waals surface area contributed by atoms with Crippen LogP contribution in [0, 0.1) is 0 Å². The van der Waals surface area contributed by atoms with Crippen molar-refractivity contribution in [1.29, 1.82) is 0 Å². The highest BCUT2D eigenvalue weighted by Crippen LogP contribution is 2.17. The van der Waals surface area contributed by atoms with Crippen LogP contribution in [-0.4, -0.2) is 16.8 Å². The van der Waals surface area contributed by atoms with Crippen molar-refractivity contribution in [3.05, 3.63) is 57.8 Å². The normalized spacial score (nSPS) is 10.1. The number of amides is 2. The van der Waals surface area contributed by atoms with Crippen molar-refractivity contribution in [1.82, 2.24) is 4.98 Å². The van der Waals surface area contributed by atoms with Gasteiger partial charge in [0.1, 0.15) is 10.3 Å². The molecule has 0 atom stereocenters. The standard InChI is InChI=1S/C13H9Cl2N3O2/c14-10-5-8(6-11(15)18-10)13(20)17-9-3-1-2-7(4-9)12(16)19/h1-6H,(H2,16,19)(H,17,20). The molecule has 0 saturated carbocycles. The molecule has 0 unspecified atom stereocenters. The molecule has 0 aliphatic heterocycles. The van der Waals surface area contributed by atoms with Crippen LogP contribution in [0.25, 0.3) is 0 Å². The summed E-state index contributed by atoms with van der Waals surface area (Å²) in [5.74, 6) is -0.992. The molecule has 0 radical (unpaired) electrons. The van der Waals surface area contributed by atoms with E-state index in [2.05, 4.69) is 10.3 Å². The van der Waals surface area contributed by atoms with Crippen molar-refractivity contribution in [2.75, 3.05) is 5.32 Å². The smallest absolute Gasteiger partial charge is 0.255 e. The van der Waals surface area contributed by atoms with E-state index in [-0.39, 0.29) is 15.9 Å². The Hall–Kier alpha value is -2.11. The van der Waals surface area contributed by atoms with Crippen molar-refractivity contribution in [3.8, 4) is 0 Å². The third-order valence-electron chi connectivity index (χ3n) is 2.43. The Morgan fingerprint density at radius 1 is 1.05 bits per heavy atom. The molecule has 20 heavy (non-hydrogen) atoms. The Bertz CT molecular complexity index is 669. The van der Waals surface area contributed by atoms with Crippen molar-refractivity contribution < 1.29 is 9.59 Å². The molecular formula is C13H9Cl2N3O2. The first-order chi connectivity index (χ1) is 9.45. The van der Waals surface area contributed by atoms with E-state index in [1.165, 1.54) is 18.2 Å². The summed E-state index contributed by atoms with van der Waals surface area (Å²) >= 11 is 11.5. The second-order valence-electron chi connectivity index (χ2n) is 3.90. The first-order valence-electron chi connectivity index (χ1n) is 5.50. The quantitative estimate of drug-likeness (QED) is 0.855. The van der Waals surface area contributed by atoms with Crippen molar-refractivity contribution >= 4 is 40.7 Å². The van der Waals surface area contributed by atoms with Gasteiger partial charge in [0.25, 0.3) is 5.91 Å². The van der Waals surface area contributed by atoms with Crippen LogP contribution in [0.5, 0.6) is 0 Å². The third-order valence-corrected chi connectivity index (χ3v) is 2.82. The number of primary amides is 1.